The normalized spacial score (nSPS) is 25.7. The summed E-state index contributed by atoms with van der Waals surface area (Å²) in [5.74, 6) is 2.56. The van der Waals surface area contributed by atoms with E-state index >= 15 is 0 Å². The van der Waals surface area contributed by atoms with Crippen LogP contribution in [0.3, 0.4) is 0 Å². The van der Waals surface area contributed by atoms with E-state index in [0.29, 0.717) is 5.69 Å². The van der Waals surface area contributed by atoms with Crippen molar-refractivity contribution < 1.29 is 4.79 Å². The number of amides is 1. The molecule has 3 unspecified atom stereocenters. The van der Waals surface area contributed by atoms with Crippen LogP contribution in [0.15, 0.2) is 36.5 Å². The average molecular weight is 310 g/mol. The van der Waals surface area contributed by atoms with Gasteiger partial charge in [-0.3, -0.25) is 4.79 Å². The summed E-state index contributed by atoms with van der Waals surface area (Å²) < 4.78 is 0. The van der Waals surface area contributed by atoms with E-state index in [1.807, 2.05) is 30.3 Å². The van der Waals surface area contributed by atoms with Crippen LogP contribution >= 0.6 is 0 Å². The standard InChI is InChI=1S/C18H22N4O/c23-18(19-9-8-15-11-13-6-7-14(15)10-13)17-12-20-22(21-17)16-4-2-1-3-5-16/h1-5,12-15H,6-11H2,(H,19,23). The Labute approximate surface area is 136 Å². The Kier molecular flexibility index (Phi) is 3.85. The summed E-state index contributed by atoms with van der Waals surface area (Å²) in [6, 6.07) is 9.62. The molecule has 0 aliphatic heterocycles. The molecule has 1 heterocycles. The summed E-state index contributed by atoms with van der Waals surface area (Å²) in [5.41, 5.74) is 1.23. The first-order chi connectivity index (χ1) is 11.3. The molecular weight excluding hydrogens is 288 g/mol. The van der Waals surface area contributed by atoms with Gasteiger partial charge < -0.3 is 5.32 Å². The highest BCUT2D eigenvalue weighted by Gasteiger charge is 2.38. The predicted octanol–water partition coefficient (Wildman–Crippen LogP) is 2.82. The molecule has 0 spiro atoms. The summed E-state index contributed by atoms with van der Waals surface area (Å²) in [7, 11) is 0. The zero-order chi connectivity index (χ0) is 15.6. The van der Waals surface area contributed by atoms with Crippen LogP contribution in [0, 0.1) is 17.8 Å². The molecule has 0 radical (unpaired) electrons. The van der Waals surface area contributed by atoms with Crippen LogP contribution in [0.1, 0.15) is 42.6 Å². The fourth-order valence-electron chi connectivity index (χ4n) is 4.24. The minimum atomic E-state index is -0.129. The van der Waals surface area contributed by atoms with Crippen LogP contribution in [-0.4, -0.2) is 27.4 Å². The first kappa shape index (κ1) is 14.4. The Morgan fingerprint density at radius 2 is 2.09 bits per heavy atom. The number of fused-ring (bicyclic) bond motifs is 2. The Balaban J connectivity index is 1.30. The van der Waals surface area contributed by atoms with Gasteiger partial charge in [-0.2, -0.15) is 9.90 Å². The molecule has 3 atom stereocenters. The first-order valence-corrected chi connectivity index (χ1v) is 8.55. The van der Waals surface area contributed by atoms with Crippen LogP contribution in [0.25, 0.3) is 5.69 Å². The largest absolute Gasteiger partial charge is 0.351 e. The number of para-hydroxylation sites is 1. The second-order valence-corrected chi connectivity index (χ2v) is 6.83. The van der Waals surface area contributed by atoms with Gasteiger partial charge in [0.25, 0.3) is 5.91 Å². The van der Waals surface area contributed by atoms with Crippen molar-refractivity contribution in [3.63, 3.8) is 0 Å². The Hall–Kier alpha value is -2.17. The Morgan fingerprint density at radius 3 is 2.83 bits per heavy atom. The van der Waals surface area contributed by atoms with Crippen LogP contribution in [-0.2, 0) is 0 Å². The van der Waals surface area contributed by atoms with Crippen LogP contribution in [0.5, 0.6) is 0 Å². The topological polar surface area (TPSA) is 59.8 Å². The Bertz CT molecular complexity index is 681. The van der Waals surface area contributed by atoms with Crippen molar-refractivity contribution >= 4 is 5.91 Å². The van der Waals surface area contributed by atoms with Gasteiger partial charge in [0.05, 0.1) is 11.9 Å². The van der Waals surface area contributed by atoms with Gasteiger partial charge in [0.2, 0.25) is 0 Å². The predicted molar refractivity (Wildman–Crippen MR) is 87.2 cm³/mol. The van der Waals surface area contributed by atoms with Gasteiger partial charge in [0.15, 0.2) is 5.69 Å². The van der Waals surface area contributed by atoms with Crippen LogP contribution < -0.4 is 5.32 Å². The number of rotatable bonds is 5. The zero-order valence-corrected chi connectivity index (χ0v) is 13.2. The van der Waals surface area contributed by atoms with Gasteiger partial charge in [-0.05, 0) is 55.6 Å². The van der Waals surface area contributed by atoms with Crippen molar-refractivity contribution in [3.05, 3.63) is 42.2 Å². The van der Waals surface area contributed by atoms with E-state index in [9.17, 15) is 4.79 Å². The molecule has 5 heteroatoms. The smallest absolute Gasteiger partial charge is 0.273 e. The van der Waals surface area contributed by atoms with Gasteiger partial charge in [-0.25, -0.2) is 0 Å². The van der Waals surface area contributed by atoms with Crippen LogP contribution in [0.2, 0.25) is 0 Å². The van der Waals surface area contributed by atoms with Gasteiger partial charge in [-0.1, -0.05) is 24.6 Å². The fourth-order valence-corrected chi connectivity index (χ4v) is 4.24. The molecule has 1 N–H and O–H groups in total. The van der Waals surface area contributed by atoms with E-state index in [1.54, 1.807) is 0 Å². The lowest BCUT2D eigenvalue weighted by atomic mass is 9.86. The second-order valence-electron chi connectivity index (χ2n) is 6.83. The molecule has 2 aliphatic rings. The molecule has 120 valence electrons. The number of carbonyl (C=O) groups is 1. The summed E-state index contributed by atoms with van der Waals surface area (Å²) in [4.78, 5) is 13.7. The molecule has 2 aromatic rings. The molecule has 2 saturated carbocycles. The lowest BCUT2D eigenvalue weighted by Crippen LogP contribution is -2.27. The second kappa shape index (κ2) is 6.14. The molecule has 2 bridgehead atoms. The SMILES string of the molecule is O=C(NCCC1CC2CCC1C2)c1cnn(-c2ccccc2)n1. The number of hydrogen-bond donors (Lipinski definition) is 1. The summed E-state index contributed by atoms with van der Waals surface area (Å²) in [5, 5.41) is 11.4. The number of benzene rings is 1. The quantitative estimate of drug-likeness (QED) is 0.924. The molecule has 1 aromatic heterocycles. The van der Waals surface area contributed by atoms with E-state index in [0.717, 1.165) is 36.4 Å². The maximum absolute atomic E-state index is 12.2. The first-order valence-electron chi connectivity index (χ1n) is 8.55. The van der Waals surface area contributed by atoms with Crippen molar-refractivity contribution in [1.29, 1.82) is 0 Å². The van der Waals surface area contributed by atoms with Crippen molar-refractivity contribution in [1.82, 2.24) is 20.3 Å². The third kappa shape index (κ3) is 3.00. The summed E-state index contributed by atoms with van der Waals surface area (Å²) in [6.45, 7) is 0.741. The number of hydrogen-bond acceptors (Lipinski definition) is 3. The van der Waals surface area contributed by atoms with Gasteiger partial charge >= 0.3 is 0 Å². The molecule has 1 amide bonds. The van der Waals surface area contributed by atoms with E-state index < -0.39 is 0 Å². The summed E-state index contributed by atoms with van der Waals surface area (Å²) in [6.07, 6.45) is 8.24. The van der Waals surface area contributed by atoms with E-state index in [1.165, 1.54) is 36.7 Å². The monoisotopic (exact) mass is 310 g/mol. The Morgan fingerprint density at radius 1 is 1.22 bits per heavy atom. The van der Waals surface area contributed by atoms with Crippen molar-refractivity contribution in [2.24, 2.45) is 17.8 Å². The molecule has 0 saturated heterocycles. The minimum Gasteiger partial charge on any atom is -0.351 e. The van der Waals surface area contributed by atoms with Crippen molar-refractivity contribution in [2.45, 2.75) is 32.1 Å². The molecule has 2 fully saturated rings. The maximum atomic E-state index is 12.2. The highest BCUT2D eigenvalue weighted by molar-refractivity contribution is 5.91. The third-order valence-corrected chi connectivity index (χ3v) is 5.40. The molecule has 4 rings (SSSR count). The molecule has 1 aromatic carbocycles. The van der Waals surface area contributed by atoms with Gasteiger partial charge in [0.1, 0.15) is 0 Å². The van der Waals surface area contributed by atoms with Crippen LogP contribution in [0.4, 0.5) is 0 Å². The molecule has 2 aliphatic carbocycles. The van der Waals surface area contributed by atoms with Gasteiger partial charge in [-0.15, -0.1) is 5.10 Å². The van der Waals surface area contributed by atoms with E-state index in [2.05, 4.69) is 15.5 Å². The summed E-state index contributed by atoms with van der Waals surface area (Å²) >= 11 is 0. The number of carbonyl (C=O) groups excluding carboxylic acids is 1. The number of nitrogens with one attached hydrogen (secondary N) is 1. The van der Waals surface area contributed by atoms with E-state index in [-0.39, 0.29) is 5.91 Å². The third-order valence-electron chi connectivity index (χ3n) is 5.40. The minimum absolute atomic E-state index is 0.129. The zero-order valence-electron chi connectivity index (χ0n) is 13.2. The number of nitrogens with zero attached hydrogens (tertiary/aromatic N) is 3. The fraction of sp³-hybridized carbons (Fsp3) is 0.500. The highest BCUT2D eigenvalue weighted by atomic mass is 16.2. The lowest BCUT2D eigenvalue weighted by molar-refractivity contribution is 0.0944. The van der Waals surface area contributed by atoms with E-state index in [4.69, 9.17) is 0 Å². The average Bonchev–Trinajstić information content (AvgIpc) is 3.32. The highest BCUT2D eigenvalue weighted by Crippen LogP contribution is 2.49. The van der Waals surface area contributed by atoms with Gasteiger partial charge in [0, 0.05) is 6.54 Å². The lowest BCUT2D eigenvalue weighted by Gasteiger charge is -2.21. The maximum Gasteiger partial charge on any atom is 0.273 e. The number of aromatic nitrogens is 3. The van der Waals surface area contributed by atoms with Crippen molar-refractivity contribution in [2.75, 3.05) is 6.54 Å². The molecule has 23 heavy (non-hydrogen) atoms. The molecule has 5 nitrogen and oxygen atoms in total. The molecular formula is C18H22N4O. The van der Waals surface area contributed by atoms with Crippen molar-refractivity contribution in [3.8, 4) is 5.69 Å².